The monoisotopic (exact) mass is 224 g/mol. The van der Waals surface area contributed by atoms with Gasteiger partial charge in [0.2, 0.25) is 0 Å². The number of benzene rings is 1. The molecule has 0 bridgehead atoms. The molecule has 0 N–H and O–H groups in total. The molecule has 0 aliphatic carbocycles. The maximum atomic E-state index is 11.1. The molecule has 0 amide bonds. The smallest absolute Gasteiger partial charge is 0.173 e. The highest BCUT2D eigenvalue weighted by atomic mass is 79.9. The third-order valence-corrected chi connectivity index (χ3v) is 2.52. The zero-order valence-corrected chi connectivity index (χ0v) is 8.12. The van der Waals surface area contributed by atoms with Crippen LogP contribution in [0.25, 0.3) is 0 Å². The van der Waals surface area contributed by atoms with Gasteiger partial charge in [0, 0.05) is 0 Å². The highest BCUT2D eigenvalue weighted by Gasteiger charge is 2.12. The van der Waals surface area contributed by atoms with Crippen LogP contribution in [0.1, 0.15) is 10.4 Å². The number of halogens is 1. The molecule has 0 aromatic heterocycles. The normalized spacial score (nSPS) is 12.1. The minimum absolute atomic E-state index is 0.0128. The Morgan fingerprint density at radius 3 is 2.50 bits per heavy atom. The fourth-order valence-electron chi connectivity index (χ4n) is 0.890. The molecule has 0 saturated carbocycles. The molecule has 1 aromatic carbocycles. The lowest BCUT2D eigenvalue weighted by Crippen LogP contribution is -2.01. The van der Waals surface area contributed by atoms with Crippen LogP contribution in [0.4, 0.5) is 0 Å². The molecular weight excluding hydrogens is 216 g/mol. The van der Waals surface area contributed by atoms with Crippen molar-refractivity contribution < 1.29 is 4.79 Å². The number of carbonyl (C=O) groups excluding carboxylic acids is 1. The van der Waals surface area contributed by atoms with Gasteiger partial charge in [0.15, 0.2) is 5.78 Å². The zero-order valence-electron chi connectivity index (χ0n) is 6.53. The Kier molecular flexibility index (Phi) is 3.23. The molecule has 0 heterocycles. The van der Waals surface area contributed by atoms with Crippen molar-refractivity contribution in [1.29, 1.82) is 0 Å². The first-order valence-corrected chi connectivity index (χ1v) is 4.52. The number of ketones is 1. The second-order valence-corrected chi connectivity index (χ2v) is 3.30. The van der Waals surface area contributed by atoms with Gasteiger partial charge >= 0.3 is 0 Å². The highest BCUT2D eigenvalue weighted by Crippen LogP contribution is 2.23. The van der Waals surface area contributed by atoms with Gasteiger partial charge in [0.05, 0.1) is 0 Å². The van der Waals surface area contributed by atoms with E-state index in [4.69, 9.17) is 0 Å². The van der Waals surface area contributed by atoms with Crippen LogP contribution in [0.15, 0.2) is 43.0 Å². The van der Waals surface area contributed by atoms with Gasteiger partial charge in [-0.3, -0.25) is 4.79 Å². The van der Waals surface area contributed by atoms with E-state index in [0.717, 1.165) is 5.56 Å². The van der Waals surface area contributed by atoms with Crippen molar-refractivity contribution in [3.8, 4) is 0 Å². The van der Waals surface area contributed by atoms with Gasteiger partial charge in [0.25, 0.3) is 0 Å². The Bertz CT molecular complexity index is 279. The number of hydrogen-bond acceptors (Lipinski definition) is 1. The van der Waals surface area contributed by atoms with Crippen molar-refractivity contribution in [3.63, 3.8) is 0 Å². The van der Waals surface area contributed by atoms with E-state index in [0.29, 0.717) is 0 Å². The molecule has 0 spiro atoms. The summed E-state index contributed by atoms with van der Waals surface area (Å²) in [5.41, 5.74) is 0.961. The molecule has 1 rings (SSSR count). The Balaban J connectivity index is 2.85. The van der Waals surface area contributed by atoms with E-state index in [-0.39, 0.29) is 10.6 Å². The lowest BCUT2D eigenvalue weighted by Gasteiger charge is -2.04. The van der Waals surface area contributed by atoms with Gasteiger partial charge < -0.3 is 0 Å². The van der Waals surface area contributed by atoms with Gasteiger partial charge in [-0.15, -0.1) is 0 Å². The molecule has 12 heavy (non-hydrogen) atoms. The van der Waals surface area contributed by atoms with Crippen LogP contribution in [0.3, 0.4) is 0 Å². The van der Waals surface area contributed by atoms with Crippen LogP contribution >= 0.6 is 15.9 Å². The summed E-state index contributed by atoms with van der Waals surface area (Å²) >= 11 is 3.29. The van der Waals surface area contributed by atoms with Crippen LogP contribution in [0.5, 0.6) is 0 Å². The van der Waals surface area contributed by atoms with Crippen LogP contribution in [0.2, 0.25) is 0 Å². The van der Waals surface area contributed by atoms with Crippen molar-refractivity contribution in [1.82, 2.24) is 0 Å². The first-order chi connectivity index (χ1) is 5.75. The lowest BCUT2D eigenvalue weighted by molar-refractivity contribution is -0.114. The van der Waals surface area contributed by atoms with Crippen molar-refractivity contribution >= 4 is 21.7 Å². The topological polar surface area (TPSA) is 17.1 Å². The number of rotatable bonds is 3. The van der Waals surface area contributed by atoms with Crippen molar-refractivity contribution in [2.75, 3.05) is 0 Å². The fraction of sp³-hybridized carbons (Fsp3) is 0.100. The van der Waals surface area contributed by atoms with E-state index < -0.39 is 0 Å². The van der Waals surface area contributed by atoms with Gasteiger partial charge in [-0.05, 0) is 11.6 Å². The van der Waals surface area contributed by atoms with E-state index in [2.05, 4.69) is 22.5 Å². The van der Waals surface area contributed by atoms with Gasteiger partial charge in [-0.25, -0.2) is 0 Å². The van der Waals surface area contributed by atoms with Crippen LogP contribution in [-0.4, -0.2) is 5.78 Å². The SMILES string of the molecule is C=CC(=O)C(Br)c1ccccc1. The van der Waals surface area contributed by atoms with Crippen LogP contribution in [0, 0.1) is 0 Å². The van der Waals surface area contributed by atoms with Crippen LogP contribution in [-0.2, 0) is 4.79 Å². The first kappa shape index (κ1) is 9.20. The Morgan fingerprint density at radius 2 is 2.00 bits per heavy atom. The molecule has 1 atom stereocenters. The third-order valence-electron chi connectivity index (χ3n) is 1.54. The average Bonchev–Trinajstić information content (AvgIpc) is 2.17. The first-order valence-electron chi connectivity index (χ1n) is 3.61. The molecule has 0 saturated heterocycles. The summed E-state index contributed by atoms with van der Waals surface area (Å²) in [5, 5.41) is 0. The molecule has 0 aliphatic heterocycles. The molecule has 1 aromatic rings. The second-order valence-electron chi connectivity index (χ2n) is 2.38. The second kappa shape index (κ2) is 4.21. The summed E-state index contributed by atoms with van der Waals surface area (Å²) in [6.07, 6.45) is 1.33. The fourth-order valence-corrected chi connectivity index (χ4v) is 1.38. The minimum atomic E-state index is -0.254. The minimum Gasteiger partial charge on any atom is -0.293 e. The number of alkyl halides is 1. The summed E-state index contributed by atoms with van der Waals surface area (Å²) in [7, 11) is 0. The molecule has 2 heteroatoms. The third kappa shape index (κ3) is 2.05. The average molecular weight is 225 g/mol. The molecular formula is C10H9BrO. The van der Waals surface area contributed by atoms with E-state index in [1.54, 1.807) is 0 Å². The Labute approximate surface area is 80.2 Å². The highest BCUT2D eigenvalue weighted by molar-refractivity contribution is 9.09. The van der Waals surface area contributed by atoms with Gasteiger partial charge in [-0.2, -0.15) is 0 Å². The number of hydrogen-bond donors (Lipinski definition) is 0. The zero-order chi connectivity index (χ0) is 8.97. The lowest BCUT2D eigenvalue weighted by atomic mass is 10.1. The van der Waals surface area contributed by atoms with Crippen molar-refractivity contribution in [3.05, 3.63) is 48.6 Å². The summed E-state index contributed by atoms with van der Waals surface area (Å²) in [4.78, 5) is 10.9. The van der Waals surface area contributed by atoms with E-state index >= 15 is 0 Å². The molecule has 1 unspecified atom stereocenters. The van der Waals surface area contributed by atoms with Crippen LogP contribution < -0.4 is 0 Å². The maximum Gasteiger partial charge on any atom is 0.173 e. The summed E-state index contributed by atoms with van der Waals surface area (Å²) in [5.74, 6) is -0.0128. The summed E-state index contributed by atoms with van der Waals surface area (Å²) in [6.45, 7) is 3.43. The summed E-state index contributed by atoms with van der Waals surface area (Å²) < 4.78 is 0. The number of allylic oxidation sites excluding steroid dienone is 1. The maximum absolute atomic E-state index is 11.1. The standard InChI is InChI=1S/C10H9BrO/c1-2-9(12)10(11)8-6-4-3-5-7-8/h2-7,10H,1H2. The largest absolute Gasteiger partial charge is 0.293 e. The van der Waals surface area contributed by atoms with Gasteiger partial charge in [0.1, 0.15) is 4.83 Å². The molecule has 0 radical (unpaired) electrons. The molecule has 62 valence electrons. The predicted molar refractivity (Wildman–Crippen MR) is 53.3 cm³/mol. The molecule has 1 nitrogen and oxygen atoms in total. The van der Waals surface area contributed by atoms with E-state index in [1.165, 1.54) is 6.08 Å². The van der Waals surface area contributed by atoms with Crippen molar-refractivity contribution in [2.45, 2.75) is 4.83 Å². The summed E-state index contributed by atoms with van der Waals surface area (Å²) in [6, 6.07) is 9.53. The Morgan fingerprint density at radius 1 is 1.42 bits per heavy atom. The number of carbonyl (C=O) groups is 1. The van der Waals surface area contributed by atoms with E-state index in [1.807, 2.05) is 30.3 Å². The van der Waals surface area contributed by atoms with Gasteiger partial charge in [-0.1, -0.05) is 52.8 Å². The molecule has 0 aliphatic rings. The Hall–Kier alpha value is -0.890. The predicted octanol–water partition coefficient (Wildman–Crippen LogP) is 2.88. The molecule has 0 fully saturated rings. The quantitative estimate of drug-likeness (QED) is 0.571. The van der Waals surface area contributed by atoms with E-state index in [9.17, 15) is 4.79 Å². The van der Waals surface area contributed by atoms with Crippen molar-refractivity contribution in [2.24, 2.45) is 0 Å².